The van der Waals surface area contributed by atoms with Crippen LogP contribution in [0.15, 0.2) is 66.9 Å². The molecule has 2 aromatic heterocycles. The van der Waals surface area contributed by atoms with Gasteiger partial charge < -0.3 is 4.74 Å². The number of fused-ring (bicyclic) bond motifs is 3. The molecule has 106 valence electrons. The van der Waals surface area contributed by atoms with Crippen LogP contribution in [0.5, 0.6) is 11.5 Å². The average Bonchev–Trinajstić information content (AvgIpc) is 2.56. The summed E-state index contributed by atoms with van der Waals surface area (Å²) in [5.41, 5.74) is 0.581. The van der Waals surface area contributed by atoms with Gasteiger partial charge in [0.2, 0.25) is 0 Å². The second-order valence-corrected chi connectivity index (χ2v) is 5.23. The Balaban J connectivity index is 2.01. The smallest absolute Gasteiger partial charge is 0.165 e. The van der Waals surface area contributed by atoms with Crippen molar-refractivity contribution in [2.45, 2.75) is 0 Å². The van der Waals surface area contributed by atoms with Crippen molar-refractivity contribution in [2.24, 2.45) is 0 Å². The van der Waals surface area contributed by atoms with Crippen LogP contribution in [0.4, 0.5) is 0 Å². The molecule has 0 aliphatic carbocycles. The summed E-state index contributed by atoms with van der Waals surface area (Å²) in [6.07, 6.45) is 1.68. The summed E-state index contributed by atoms with van der Waals surface area (Å²) in [5, 5.41) is 3.19. The number of nitrogens with zero attached hydrogens (tertiary/aromatic N) is 2. The van der Waals surface area contributed by atoms with Crippen molar-refractivity contribution in [3.05, 3.63) is 72.0 Å². The first-order valence-corrected chi connectivity index (χ1v) is 7.26. The van der Waals surface area contributed by atoms with Crippen LogP contribution >= 0.6 is 11.6 Å². The third-order valence-electron chi connectivity index (χ3n) is 3.49. The molecule has 0 fully saturated rings. The molecule has 0 aliphatic heterocycles. The van der Waals surface area contributed by atoms with Gasteiger partial charge in [0.25, 0.3) is 0 Å². The van der Waals surface area contributed by atoms with Gasteiger partial charge in [-0.25, -0.2) is 9.97 Å². The molecule has 0 radical (unpaired) electrons. The number of aromatic nitrogens is 2. The zero-order valence-electron chi connectivity index (χ0n) is 11.5. The summed E-state index contributed by atoms with van der Waals surface area (Å²) in [7, 11) is 0. The van der Waals surface area contributed by atoms with Gasteiger partial charge in [-0.15, -0.1) is 0 Å². The molecule has 4 heteroatoms. The molecule has 22 heavy (non-hydrogen) atoms. The fraction of sp³-hybridized carbons (Fsp3) is 0. The Morgan fingerprint density at radius 1 is 0.818 bits per heavy atom. The molecular weight excluding hydrogens is 296 g/mol. The van der Waals surface area contributed by atoms with Crippen molar-refractivity contribution >= 4 is 33.4 Å². The third kappa shape index (κ3) is 2.16. The summed E-state index contributed by atoms with van der Waals surface area (Å²) in [6.45, 7) is 0. The number of hydrogen-bond donors (Lipinski definition) is 0. The molecule has 0 unspecified atom stereocenters. The minimum absolute atomic E-state index is 0.451. The Labute approximate surface area is 132 Å². The van der Waals surface area contributed by atoms with E-state index in [4.69, 9.17) is 16.3 Å². The molecule has 2 heterocycles. The summed E-state index contributed by atoms with van der Waals surface area (Å²) in [6, 6.07) is 19.4. The largest absolute Gasteiger partial charge is 0.457 e. The Kier molecular flexibility index (Phi) is 3.13. The lowest BCUT2D eigenvalue weighted by Crippen LogP contribution is -1.92. The Hall–Kier alpha value is -2.65. The SMILES string of the molecule is Clc1nc2nccc(Oc3ccccc3)c2c2ccccc12. The van der Waals surface area contributed by atoms with E-state index in [0.717, 1.165) is 27.7 Å². The van der Waals surface area contributed by atoms with Crippen LogP contribution in [0, 0.1) is 0 Å². The number of rotatable bonds is 2. The van der Waals surface area contributed by atoms with Crippen LogP contribution in [0.2, 0.25) is 5.15 Å². The van der Waals surface area contributed by atoms with Crippen molar-refractivity contribution in [1.29, 1.82) is 0 Å². The molecule has 0 atom stereocenters. The van der Waals surface area contributed by atoms with Gasteiger partial charge in [0, 0.05) is 11.6 Å². The predicted molar refractivity (Wildman–Crippen MR) is 88.6 cm³/mol. The zero-order chi connectivity index (χ0) is 14.9. The van der Waals surface area contributed by atoms with Gasteiger partial charge in [-0.2, -0.15) is 0 Å². The van der Waals surface area contributed by atoms with E-state index in [2.05, 4.69) is 9.97 Å². The maximum atomic E-state index is 6.26. The van der Waals surface area contributed by atoms with Gasteiger partial charge in [0.1, 0.15) is 16.7 Å². The van der Waals surface area contributed by atoms with E-state index >= 15 is 0 Å². The second kappa shape index (κ2) is 5.28. The van der Waals surface area contributed by atoms with E-state index < -0.39 is 0 Å². The van der Waals surface area contributed by atoms with E-state index in [1.54, 1.807) is 6.20 Å². The van der Waals surface area contributed by atoms with E-state index in [9.17, 15) is 0 Å². The third-order valence-corrected chi connectivity index (χ3v) is 3.77. The van der Waals surface area contributed by atoms with Crippen molar-refractivity contribution < 1.29 is 4.74 Å². The van der Waals surface area contributed by atoms with Gasteiger partial charge in [0.15, 0.2) is 5.65 Å². The number of benzene rings is 2. The molecule has 4 rings (SSSR count). The summed E-state index contributed by atoms with van der Waals surface area (Å²) in [4.78, 5) is 8.70. The highest BCUT2D eigenvalue weighted by molar-refractivity contribution is 6.35. The molecule has 0 saturated carbocycles. The summed E-state index contributed by atoms with van der Waals surface area (Å²) in [5.74, 6) is 1.49. The lowest BCUT2D eigenvalue weighted by atomic mass is 10.1. The fourth-order valence-corrected chi connectivity index (χ4v) is 2.75. The first-order chi connectivity index (χ1) is 10.8. The summed E-state index contributed by atoms with van der Waals surface area (Å²) >= 11 is 6.26. The highest BCUT2D eigenvalue weighted by Gasteiger charge is 2.12. The predicted octanol–water partition coefficient (Wildman–Crippen LogP) is 5.23. The second-order valence-electron chi connectivity index (χ2n) is 4.87. The summed E-state index contributed by atoms with van der Waals surface area (Å²) < 4.78 is 6.02. The molecule has 0 amide bonds. The molecule has 0 aliphatic rings. The first-order valence-electron chi connectivity index (χ1n) is 6.89. The molecule has 0 bridgehead atoms. The first kappa shape index (κ1) is 13.0. The van der Waals surface area contributed by atoms with Crippen LogP contribution < -0.4 is 4.74 Å². The molecule has 3 nitrogen and oxygen atoms in total. The van der Waals surface area contributed by atoms with E-state index in [1.165, 1.54) is 0 Å². The van der Waals surface area contributed by atoms with Crippen LogP contribution in [-0.2, 0) is 0 Å². The highest BCUT2D eigenvalue weighted by atomic mass is 35.5. The number of hydrogen-bond acceptors (Lipinski definition) is 3. The minimum atomic E-state index is 0.451. The molecule has 0 spiro atoms. The molecular formula is C18H11ClN2O. The lowest BCUT2D eigenvalue weighted by molar-refractivity contribution is 0.488. The molecule has 4 aromatic rings. The number of para-hydroxylation sites is 1. The van der Waals surface area contributed by atoms with E-state index in [1.807, 2.05) is 60.7 Å². The van der Waals surface area contributed by atoms with E-state index in [0.29, 0.717) is 10.8 Å². The van der Waals surface area contributed by atoms with Gasteiger partial charge in [-0.3, -0.25) is 0 Å². The molecule has 0 saturated heterocycles. The van der Waals surface area contributed by atoms with Crippen molar-refractivity contribution in [2.75, 3.05) is 0 Å². The highest BCUT2D eigenvalue weighted by Crippen LogP contribution is 2.35. The quantitative estimate of drug-likeness (QED) is 0.376. The van der Waals surface area contributed by atoms with Crippen LogP contribution in [-0.4, -0.2) is 9.97 Å². The minimum Gasteiger partial charge on any atom is -0.457 e. The van der Waals surface area contributed by atoms with Gasteiger partial charge in [-0.1, -0.05) is 54.1 Å². The lowest BCUT2D eigenvalue weighted by Gasteiger charge is -2.11. The van der Waals surface area contributed by atoms with Crippen molar-refractivity contribution in [3.8, 4) is 11.5 Å². The Morgan fingerprint density at radius 3 is 2.36 bits per heavy atom. The van der Waals surface area contributed by atoms with Crippen LogP contribution in [0.1, 0.15) is 0 Å². The van der Waals surface area contributed by atoms with E-state index in [-0.39, 0.29) is 0 Å². The van der Waals surface area contributed by atoms with Gasteiger partial charge in [0.05, 0.1) is 5.39 Å². The number of pyridine rings is 2. The Morgan fingerprint density at radius 2 is 1.55 bits per heavy atom. The zero-order valence-corrected chi connectivity index (χ0v) is 12.3. The van der Waals surface area contributed by atoms with Gasteiger partial charge in [-0.05, 0) is 23.6 Å². The Bertz CT molecular complexity index is 970. The monoisotopic (exact) mass is 306 g/mol. The average molecular weight is 307 g/mol. The van der Waals surface area contributed by atoms with Crippen LogP contribution in [0.25, 0.3) is 21.8 Å². The molecule has 0 N–H and O–H groups in total. The molecule has 2 aromatic carbocycles. The van der Waals surface area contributed by atoms with Crippen LogP contribution in [0.3, 0.4) is 0 Å². The fourth-order valence-electron chi connectivity index (χ4n) is 2.51. The van der Waals surface area contributed by atoms with Crippen molar-refractivity contribution in [1.82, 2.24) is 9.97 Å². The van der Waals surface area contributed by atoms with Crippen molar-refractivity contribution in [3.63, 3.8) is 0 Å². The number of halogens is 1. The topological polar surface area (TPSA) is 35.0 Å². The normalized spacial score (nSPS) is 11.0. The maximum absolute atomic E-state index is 6.26. The maximum Gasteiger partial charge on any atom is 0.165 e. The van der Waals surface area contributed by atoms with Gasteiger partial charge >= 0.3 is 0 Å². The standard InChI is InChI=1S/C18H11ClN2O/c19-17-14-9-5-4-8-13(14)16-15(10-11-20-18(16)21-17)22-12-6-2-1-3-7-12/h1-11H. The number of ether oxygens (including phenoxy) is 1.